The van der Waals surface area contributed by atoms with Crippen LogP contribution in [-0.2, 0) is 0 Å². The van der Waals surface area contributed by atoms with Crippen LogP contribution in [0, 0.1) is 6.92 Å². The number of nitrogens with zero attached hydrogens (tertiary/aromatic N) is 1. The molecule has 1 aromatic rings. The van der Waals surface area contributed by atoms with Gasteiger partial charge in [-0.3, -0.25) is 4.79 Å². The van der Waals surface area contributed by atoms with E-state index in [9.17, 15) is 4.79 Å². The highest BCUT2D eigenvalue weighted by Gasteiger charge is 2.19. The Morgan fingerprint density at radius 2 is 2.50 bits per heavy atom. The number of nitrogens with one attached hydrogen (secondary N) is 2. The van der Waals surface area contributed by atoms with Crippen molar-refractivity contribution in [2.75, 3.05) is 13.1 Å². The molecule has 1 atom stereocenters. The zero-order valence-corrected chi connectivity index (χ0v) is 9.45. The van der Waals surface area contributed by atoms with E-state index in [1.54, 1.807) is 6.92 Å². The van der Waals surface area contributed by atoms with E-state index in [1.807, 2.05) is 0 Å². The van der Waals surface area contributed by atoms with Gasteiger partial charge in [-0.2, -0.15) is 0 Å². The predicted octanol–water partition coefficient (Wildman–Crippen LogP) is 0.855. The fourth-order valence-electron chi connectivity index (χ4n) is 1.91. The van der Waals surface area contributed by atoms with E-state index in [2.05, 4.69) is 15.6 Å². The van der Waals surface area contributed by atoms with Crippen molar-refractivity contribution in [3.63, 3.8) is 0 Å². The maximum absolute atomic E-state index is 11.8. The Kier molecular flexibility index (Phi) is 3.56. The molecule has 1 fully saturated rings. The fraction of sp³-hybridized carbons (Fsp3) is 0.636. The Balaban J connectivity index is 1.93. The standard InChI is InChI=1S/C11H17N3O2/c1-8-10(16-7-13-8)11(15)14-9-4-2-3-5-12-6-9/h7,9,12H,2-6H2,1H3,(H,14,15). The average molecular weight is 223 g/mol. The summed E-state index contributed by atoms with van der Waals surface area (Å²) in [4.78, 5) is 15.7. The van der Waals surface area contributed by atoms with Crippen LogP contribution in [0.2, 0.25) is 0 Å². The molecule has 0 aliphatic carbocycles. The van der Waals surface area contributed by atoms with Crippen LogP contribution in [0.1, 0.15) is 35.5 Å². The van der Waals surface area contributed by atoms with Crippen LogP contribution >= 0.6 is 0 Å². The topological polar surface area (TPSA) is 67.2 Å². The Morgan fingerprint density at radius 1 is 1.62 bits per heavy atom. The smallest absolute Gasteiger partial charge is 0.289 e. The zero-order valence-electron chi connectivity index (χ0n) is 9.45. The number of oxazole rings is 1. The SMILES string of the molecule is Cc1ncoc1C(=O)NC1CCCCNC1. The lowest BCUT2D eigenvalue weighted by Gasteiger charge is -2.15. The number of aryl methyl sites for hydroxylation is 1. The molecule has 0 bridgehead atoms. The molecule has 1 aliphatic heterocycles. The molecule has 5 nitrogen and oxygen atoms in total. The van der Waals surface area contributed by atoms with Crippen molar-refractivity contribution in [2.24, 2.45) is 0 Å². The fourth-order valence-corrected chi connectivity index (χ4v) is 1.91. The lowest BCUT2D eigenvalue weighted by atomic mass is 10.1. The summed E-state index contributed by atoms with van der Waals surface area (Å²) < 4.78 is 5.06. The molecule has 0 saturated carbocycles. The van der Waals surface area contributed by atoms with E-state index in [-0.39, 0.29) is 11.9 Å². The maximum atomic E-state index is 11.8. The summed E-state index contributed by atoms with van der Waals surface area (Å²) in [7, 11) is 0. The third kappa shape index (κ3) is 2.61. The van der Waals surface area contributed by atoms with Gasteiger partial charge in [0, 0.05) is 12.6 Å². The summed E-state index contributed by atoms with van der Waals surface area (Å²) in [6, 6.07) is 0.194. The van der Waals surface area contributed by atoms with Crippen molar-refractivity contribution in [3.8, 4) is 0 Å². The van der Waals surface area contributed by atoms with Crippen LogP contribution in [0.4, 0.5) is 0 Å². The first kappa shape index (κ1) is 11.1. The van der Waals surface area contributed by atoms with Gasteiger partial charge in [-0.1, -0.05) is 6.42 Å². The first-order valence-corrected chi connectivity index (χ1v) is 5.69. The van der Waals surface area contributed by atoms with Gasteiger partial charge in [0.1, 0.15) is 0 Å². The number of carbonyl (C=O) groups is 1. The molecule has 0 spiro atoms. The maximum Gasteiger partial charge on any atom is 0.289 e. The summed E-state index contributed by atoms with van der Waals surface area (Å²) >= 11 is 0. The molecule has 0 radical (unpaired) electrons. The van der Waals surface area contributed by atoms with Gasteiger partial charge >= 0.3 is 0 Å². The van der Waals surface area contributed by atoms with Crippen molar-refractivity contribution >= 4 is 5.91 Å². The van der Waals surface area contributed by atoms with Crippen LogP contribution in [0.5, 0.6) is 0 Å². The van der Waals surface area contributed by atoms with Gasteiger partial charge in [0.25, 0.3) is 5.91 Å². The molecule has 1 amide bonds. The van der Waals surface area contributed by atoms with Crippen molar-refractivity contribution in [1.82, 2.24) is 15.6 Å². The summed E-state index contributed by atoms with van der Waals surface area (Å²) in [6.07, 6.45) is 4.64. The van der Waals surface area contributed by atoms with Gasteiger partial charge in [-0.25, -0.2) is 4.98 Å². The number of amides is 1. The highest BCUT2D eigenvalue weighted by molar-refractivity contribution is 5.92. The molecule has 2 heterocycles. The normalized spacial score (nSPS) is 21.4. The summed E-state index contributed by atoms with van der Waals surface area (Å²) in [5, 5.41) is 6.27. The molecule has 5 heteroatoms. The van der Waals surface area contributed by atoms with Crippen LogP contribution in [0.3, 0.4) is 0 Å². The molecular weight excluding hydrogens is 206 g/mol. The van der Waals surface area contributed by atoms with Crippen LogP contribution < -0.4 is 10.6 Å². The second kappa shape index (κ2) is 5.12. The minimum absolute atomic E-state index is 0.163. The number of aromatic nitrogens is 1. The zero-order chi connectivity index (χ0) is 11.4. The minimum Gasteiger partial charge on any atom is -0.438 e. The highest BCUT2D eigenvalue weighted by Crippen LogP contribution is 2.08. The molecule has 88 valence electrons. The Hall–Kier alpha value is -1.36. The largest absolute Gasteiger partial charge is 0.438 e. The lowest BCUT2D eigenvalue weighted by molar-refractivity contribution is 0.0906. The van der Waals surface area contributed by atoms with Crippen LogP contribution in [0.15, 0.2) is 10.8 Å². The quantitative estimate of drug-likeness (QED) is 0.780. The van der Waals surface area contributed by atoms with Crippen molar-refractivity contribution in [2.45, 2.75) is 32.2 Å². The highest BCUT2D eigenvalue weighted by atomic mass is 16.3. The first-order valence-electron chi connectivity index (χ1n) is 5.69. The molecule has 1 saturated heterocycles. The summed E-state index contributed by atoms with van der Waals surface area (Å²) in [5.41, 5.74) is 0.638. The molecule has 1 aliphatic rings. The Labute approximate surface area is 94.6 Å². The number of hydrogen-bond donors (Lipinski definition) is 2. The molecule has 0 aromatic carbocycles. The number of hydrogen-bond acceptors (Lipinski definition) is 4. The molecule has 1 aromatic heterocycles. The van der Waals surface area contributed by atoms with Gasteiger partial charge in [0.2, 0.25) is 5.76 Å². The van der Waals surface area contributed by atoms with E-state index in [0.717, 1.165) is 25.9 Å². The molecule has 1 unspecified atom stereocenters. The lowest BCUT2D eigenvalue weighted by Crippen LogP contribution is -2.40. The molecule has 2 rings (SSSR count). The van der Waals surface area contributed by atoms with Crippen molar-refractivity contribution in [3.05, 3.63) is 17.8 Å². The first-order chi connectivity index (χ1) is 7.77. The van der Waals surface area contributed by atoms with Crippen molar-refractivity contribution < 1.29 is 9.21 Å². The van der Waals surface area contributed by atoms with E-state index < -0.39 is 0 Å². The predicted molar refractivity (Wildman–Crippen MR) is 59.2 cm³/mol. The third-order valence-corrected chi connectivity index (χ3v) is 2.83. The second-order valence-corrected chi connectivity index (χ2v) is 4.14. The Morgan fingerprint density at radius 3 is 3.25 bits per heavy atom. The second-order valence-electron chi connectivity index (χ2n) is 4.14. The van der Waals surface area contributed by atoms with Gasteiger partial charge < -0.3 is 15.1 Å². The number of carbonyl (C=O) groups excluding carboxylic acids is 1. The summed E-state index contributed by atoms with van der Waals surface area (Å²) in [5.74, 6) is 0.160. The molecule has 16 heavy (non-hydrogen) atoms. The Bertz CT molecular complexity index is 354. The monoisotopic (exact) mass is 223 g/mol. The van der Waals surface area contributed by atoms with Gasteiger partial charge in [-0.15, -0.1) is 0 Å². The van der Waals surface area contributed by atoms with Crippen LogP contribution in [-0.4, -0.2) is 30.0 Å². The van der Waals surface area contributed by atoms with Crippen molar-refractivity contribution in [1.29, 1.82) is 0 Å². The van der Waals surface area contributed by atoms with E-state index >= 15 is 0 Å². The molecule has 2 N–H and O–H groups in total. The average Bonchev–Trinajstić information content (AvgIpc) is 2.53. The minimum atomic E-state index is -0.163. The van der Waals surface area contributed by atoms with Gasteiger partial charge in [0.15, 0.2) is 6.39 Å². The van der Waals surface area contributed by atoms with E-state index in [1.165, 1.54) is 12.8 Å². The third-order valence-electron chi connectivity index (χ3n) is 2.83. The van der Waals surface area contributed by atoms with Gasteiger partial charge in [-0.05, 0) is 26.3 Å². The summed E-state index contributed by atoms with van der Waals surface area (Å²) in [6.45, 7) is 3.64. The van der Waals surface area contributed by atoms with E-state index in [4.69, 9.17) is 4.42 Å². The van der Waals surface area contributed by atoms with Gasteiger partial charge in [0.05, 0.1) is 5.69 Å². The van der Waals surface area contributed by atoms with Crippen LogP contribution in [0.25, 0.3) is 0 Å². The number of rotatable bonds is 2. The van der Waals surface area contributed by atoms with E-state index in [0.29, 0.717) is 11.5 Å². The molecular formula is C11H17N3O2.